The highest BCUT2D eigenvalue weighted by atomic mass is 16.4. The van der Waals surface area contributed by atoms with Crippen molar-refractivity contribution in [1.29, 1.82) is 0 Å². The number of β-lactam (4-membered cyclic amide) rings is 1. The van der Waals surface area contributed by atoms with Crippen LogP contribution in [0.25, 0.3) is 11.0 Å². The van der Waals surface area contributed by atoms with Crippen molar-refractivity contribution >= 4 is 22.6 Å². The third kappa shape index (κ3) is 1.52. The molecule has 92 valence electrons. The summed E-state index contributed by atoms with van der Waals surface area (Å²) in [5, 5.41) is 0.871. The largest absolute Gasteiger partial charge is 0.423 e. The minimum absolute atomic E-state index is 0.107. The highest BCUT2D eigenvalue weighted by Gasteiger charge is 2.34. The normalized spacial score (nSPS) is 19.1. The maximum Gasteiger partial charge on any atom is 0.336 e. The Hall–Kier alpha value is -2.14. The van der Waals surface area contributed by atoms with Crippen LogP contribution in [0.4, 0.5) is 5.69 Å². The van der Waals surface area contributed by atoms with E-state index in [1.54, 1.807) is 11.0 Å². The summed E-state index contributed by atoms with van der Waals surface area (Å²) in [6, 6.07) is 6.42. The third-order valence-electron chi connectivity index (χ3n) is 3.21. The summed E-state index contributed by atoms with van der Waals surface area (Å²) in [7, 11) is 0. The van der Waals surface area contributed by atoms with E-state index in [1.165, 1.54) is 6.07 Å². The van der Waals surface area contributed by atoms with Gasteiger partial charge in [0.1, 0.15) is 11.6 Å². The highest BCUT2D eigenvalue weighted by Crippen LogP contribution is 2.26. The lowest BCUT2D eigenvalue weighted by Crippen LogP contribution is -2.61. The van der Waals surface area contributed by atoms with E-state index in [2.05, 4.69) is 0 Å². The number of fused-ring (bicyclic) bond motifs is 1. The molecule has 2 heterocycles. The summed E-state index contributed by atoms with van der Waals surface area (Å²) in [5.41, 5.74) is 7.22. The van der Waals surface area contributed by atoms with Gasteiger partial charge in [0.05, 0.1) is 6.54 Å². The maximum atomic E-state index is 11.5. The number of hydrogen-bond donors (Lipinski definition) is 1. The van der Waals surface area contributed by atoms with E-state index < -0.39 is 6.04 Å². The molecule has 1 atom stereocenters. The van der Waals surface area contributed by atoms with Crippen LogP contribution in [0.3, 0.4) is 0 Å². The average Bonchev–Trinajstić information content (AvgIpc) is 2.34. The van der Waals surface area contributed by atoms with Crippen molar-refractivity contribution < 1.29 is 9.21 Å². The number of amides is 1. The molecule has 1 aromatic carbocycles. The molecule has 1 unspecified atom stereocenters. The van der Waals surface area contributed by atoms with E-state index in [-0.39, 0.29) is 11.5 Å². The summed E-state index contributed by atoms with van der Waals surface area (Å²) >= 11 is 0. The number of nitrogens with zero attached hydrogens (tertiary/aromatic N) is 1. The molecule has 0 radical (unpaired) electrons. The summed E-state index contributed by atoms with van der Waals surface area (Å²) < 4.78 is 5.14. The zero-order valence-electron chi connectivity index (χ0n) is 9.84. The quantitative estimate of drug-likeness (QED) is 0.594. The molecule has 1 saturated heterocycles. The lowest BCUT2D eigenvalue weighted by Gasteiger charge is -2.36. The minimum atomic E-state index is -0.412. The van der Waals surface area contributed by atoms with E-state index >= 15 is 0 Å². The van der Waals surface area contributed by atoms with Crippen LogP contribution in [-0.4, -0.2) is 18.5 Å². The van der Waals surface area contributed by atoms with E-state index in [0.717, 1.165) is 10.9 Å². The van der Waals surface area contributed by atoms with Gasteiger partial charge >= 0.3 is 5.63 Å². The number of aryl methyl sites for hydroxylation is 1. The summed E-state index contributed by atoms with van der Waals surface area (Å²) in [6.45, 7) is 2.35. The Morgan fingerprint density at radius 1 is 1.33 bits per heavy atom. The summed E-state index contributed by atoms with van der Waals surface area (Å²) in [6.07, 6.45) is 0. The predicted octanol–water partition coefficient (Wildman–Crippen LogP) is 0.775. The first kappa shape index (κ1) is 11.0. The molecule has 1 aliphatic rings. The molecule has 1 aliphatic heterocycles. The molecule has 3 rings (SSSR count). The molecule has 1 fully saturated rings. The van der Waals surface area contributed by atoms with Crippen LogP contribution < -0.4 is 16.3 Å². The second kappa shape index (κ2) is 3.68. The highest BCUT2D eigenvalue weighted by molar-refractivity contribution is 6.04. The van der Waals surface area contributed by atoms with Crippen LogP contribution in [0.15, 0.2) is 33.5 Å². The topological polar surface area (TPSA) is 76.5 Å². The van der Waals surface area contributed by atoms with Gasteiger partial charge in [-0.1, -0.05) is 0 Å². The third-order valence-corrected chi connectivity index (χ3v) is 3.21. The molecule has 5 heteroatoms. The molecular formula is C13H12N2O3. The SMILES string of the molecule is Cc1cc(=O)oc2cc(N3CC(N)C3=O)ccc12. The van der Waals surface area contributed by atoms with Gasteiger partial charge < -0.3 is 15.1 Å². The van der Waals surface area contributed by atoms with Crippen LogP contribution in [0.5, 0.6) is 0 Å². The van der Waals surface area contributed by atoms with Gasteiger partial charge in [0.25, 0.3) is 0 Å². The molecule has 0 aliphatic carbocycles. The van der Waals surface area contributed by atoms with Gasteiger partial charge in [0, 0.05) is 23.2 Å². The number of rotatable bonds is 1. The minimum Gasteiger partial charge on any atom is -0.423 e. The summed E-state index contributed by atoms with van der Waals surface area (Å²) in [5.74, 6) is -0.107. The Kier molecular flexibility index (Phi) is 2.24. The van der Waals surface area contributed by atoms with Gasteiger partial charge in [-0.2, -0.15) is 0 Å². The number of benzene rings is 1. The lowest BCUT2D eigenvalue weighted by molar-refractivity contribution is -0.123. The Morgan fingerprint density at radius 3 is 2.78 bits per heavy atom. The van der Waals surface area contributed by atoms with E-state index in [0.29, 0.717) is 17.8 Å². The number of nitrogens with two attached hydrogens (primary N) is 1. The molecule has 1 aromatic heterocycles. The van der Waals surface area contributed by atoms with Crippen molar-refractivity contribution in [3.8, 4) is 0 Å². The molecule has 5 nitrogen and oxygen atoms in total. The Bertz CT molecular complexity index is 705. The Morgan fingerprint density at radius 2 is 2.11 bits per heavy atom. The molecular weight excluding hydrogens is 232 g/mol. The monoisotopic (exact) mass is 244 g/mol. The first-order valence-electron chi connectivity index (χ1n) is 5.68. The summed E-state index contributed by atoms with van der Waals surface area (Å²) in [4.78, 5) is 24.4. The van der Waals surface area contributed by atoms with E-state index in [1.807, 2.05) is 19.1 Å². The van der Waals surface area contributed by atoms with Crippen LogP contribution in [0.1, 0.15) is 5.56 Å². The van der Waals surface area contributed by atoms with Crippen molar-refractivity contribution in [3.05, 3.63) is 40.2 Å². The van der Waals surface area contributed by atoms with E-state index in [4.69, 9.17) is 10.2 Å². The van der Waals surface area contributed by atoms with Crippen molar-refractivity contribution in [2.24, 2.45) is 5.73 Å². The van der Waals surface area contributed by atoms with Crippen molar-refractivity contribution in [2.45, 2.75) is 13.0 Å². The van der Waals surface area contributed by atoms with Crippen molar-refractivity contribution in [2.75, 3.05) is 11.4 Å². The molecule has 2 aromatic rings. The second-order valence-corrected chi connectivity index (χ2v) is 4.48. The first-order chi connectivity index (χ1) is 8.56. The van der Waals surface area contributed by atoms with Crippen LogP contribution in [-0.2, 0) is 4.79 Å². The van der Waals surface area contributed by atoms with Crippen molar-refractivity contribution in [1.82, 2.24) is 0 Å². The fourth-order valence-electron chi connectivity index (χ4n) is 2.17. The van der Waals surface area contributed by atoms with Gasteiger partial charge in [0.2, 0.25) is 5.91 Å². The van der Waals surface area contributed by atoms with Crippen LogP contribution in [0.2, 0.25) is 0 Å². The van der Waals surface area contributed by atoms with Gasteiger partial charge in [-0.25, -0.2) is 4.79 Å². The number of hydrogen-bond acceptors (Lipinski definition) is 4. The number of carbonyl (C=O) groups is 1. The molecule has 0 bridgehead atoms. The number of anilines is 1. The predicted molar refractivity (Wildman–Crippen MR) is 67.5 cm³/mol. The average molecular weight is 244 g/mol. The van der Waals surface area contributed by atoms with Crippen LogP contribution in [0, 0.1) is 6.92 Å². The Labute approximate surface area is 103 Å². The molecule has 0 spiro atoms. The molecule has 1 amide bonds. The first-order valence-corrected chi connectivity index (χ1v) is 5.68. The van der Waals surface area contributed by atoms with Crippen molar-refractivity contribution in [3.63, 3.8) is 0 Å². The molecule has 0 saturated carbocycles. The van der Waals surface area contributed by atoms with Crippen LogP contribution >= 0.6 is 0 Å². The molecule has 2 N–H and O–H groups in total. The van der Waals surface area contributed by atoms with Gasteiger partial charge in [-0.15, -0.1) is 0 Å². The standard InChI is InChI=1S/C13H12N2O3/c1-7-4-12(16)18-11-5-8(2-3-9(7)11)15-6-10(14)13(15)17/h2-5,10H,6,14H2,1H3. The van der Waals surface area contributed by atoms with Gasteiger partial charge in [-0.3, -0.25) is 4.79 Å². The van der Waals surface area contributed by atoms with E-state index in [9.17, 15) is 9.59 Å². The zero-order valence-corrected chi connectivity index (χ0v) is 9.84. The smallest absolute Gasteiger partial charge is 0.336 e. The Balaban J connectivity index is 2.12. The van der Waals surface area contributed by atoms with Gasteiger partial charge in [-0.05, 0) is 24.6 Å². The lowest BCUT2D eigenvalue weighted by atomic mass is 10.1. The van der Waals surface area contributed by atoms with Gasteiger partial charge in [0.15, 0.2) is 0 Å². The fourth-order valence-corrected chi connectivity index (χ4v) is 2.17. The number of carbonyl (C=O) groups excluding carboxylic acids is 1. The zero-order chi connectivity index (χ0) is 12.9. The molecule has 18 heavy (non-hydrogen) atoms. The fraction of sp³-hybridized carbons (Fsp3) is 0.231. The maximum absolute atomic E-state index is 11.5. The second-order valence-electron chi connectivity index (χ2n) is 4.48.